The van der Waals surface area contributed by atoms with Gasteiger partial charge < -0.3 is 10.2 Å². The molecule has 1 atom stereocenters. The SMILES string of the molecule is CCN(/C=C(/C#N)C(=O)NCCCCl)C1CCS(=O)(=O)C1. The predicted octanol–water partition coefficient (Wildman–Crippen LogP) is 0.648. The summed E-state index contributed by atoms with van der Waals surface area (Å²) in [6.07, 6.45) is 2.62. The summed E-state index contributed by atoms with van der Waals surface area (Å²) < 4.78 is 23.0. The van der Waals surface area contributed by atoms with Gasteiger partial charge in [-0.2, -0.15) is 5.26 Å². The molecule has 1 amide bonds. The van der Waals surface area contributed by atoms with E-state index in [1.165, 1.54) is 6.20 Å². The average Bonchev–Trinajstić information content (AvgIpc) is 2.80. The number of rotatable bonds is 7. The molecule has 0 aromatic rings. The maximum Gasteiger partial charge on any atom is 0.263 e. The quantitative estimate of drug-likeness (QED) is 0.320. The number of hydrogen-bond acceptors (Lipinski definition) is 5. The normalized spacial score (nSPS) is 20.8. The highest BCUT2D eigenvalue weighted by molar-refractivity contribution is 7.91. The molecule has 8 heteroatoms. The van der Waals surface area contributed by atoms with E-state index in [-0.39, 0.29) is 23.1 Å². The number of halogens is 1. The summed E-state index contributed by atoms with van der Waals surface area (Å²) >= 11 is 5.52. The molecular weight excluding hydrogens is 314 g/mol. The van der Waals surface area contributed by atoms with Crippen LogP contribution in [0.1, 0.15) is 19.8 Å². The Balaban J connectivity index is 2.75. The third-order valence-corrected chi connectivity index (χ3v) is 5.32. The topological polar surface area (TPSA) is 90.3 Å². The van der Waals surface area contributed by atoms with Crippen molar-refractivity contribution in [3.8, 4) is 6.07 Å². The molecule has 6 nitrogen and oxygen atoms in total. The van der Waals surface area contributed by atoms with Crippen molar-refractivity contribution < 1.29 is 13.2 Å². The molecule has 1 aliphatic rings. The molecule has 118 valence electrons. The third kappa shape index (κ3) is 5.56. The van der Waals surface area contributed by atoms with Gasteiger partial charge in [0.2, 0.25) is 0 Å². The number of nitriles is 1. The smallest absolute Gasteiger partial charge is 0.263 e. The largest absolute Gasteiger partial charge is 0.372 e. The lowest BCUT2D eigenvalue weighted by molar-refractivity contribution is -0.117. The summed E-state index contributed by atoms with van der Waals surface area (Å²) in [7, 11) is -3.00. The standard InChI is InChI=1S/C13H20ClN3O3S/c1-2-17(12-4-7-21(19,20)10-12)9-11(8-15)13(18)16-6-3-5-14/h9,12H,2-7,10H2,1H3,(H,16,18)/b11-9-. The van der Waals surface area contributed by atoms with Crippen molar-refractivity contribution in [1.82, 2.24) is 10.2 Å². The van der Waals surface area contributed by atoms with E-state index in [1.807, 2.05) is 13.0 Å². The van der Waals surface area contributed by atoms with E-state index >= 15 is 0 Å². The first-order valence-corrected chi connectivity index (χ1v) is 9.21. The summed E-state index contributed by atoms with van der Waals surface area (Å²) in [5.41, 5.74) is -0.0179. The van der Waals surface area contributed by atoms with Gasteiger partial charge in [0.1, 0.15) is 11.6 Å². The first-order valence-electron chi connectivity index (χ1n) is 6.85. The molecule has 1 aliphatic heterocycles. The number of carbonyl (C=O) groups is 1. The van der Waals surface area contributed by atoms with Gasteiger partial charge in [-0.05, 0) is 19.8 Å². The first-order chi connectivity index (χ1) is 9.93. The molecule has 0 spiro atoms. The van der Waals surface area contributed by atoms with Crippen LogP contribution in [0, 0.1) is 11.3 Å². The molecule has 0 radical (unpaired) electrons. The zero-order valence-electron chi connectivity index (χ0n) is 12.0. The van der Waals surface area contributed by atoms with E-state index in [2.05, 4.69) is 5.32 Å². The Kier molecular flexibility index (Phi) is 6.99. The molecule has 0 saturated carbocycles. The third-order valence-electron chi connectivity index (χ3n) is 3.30. The number of nitrogens with zero attached hydrogens (tertiary/aromatic N) is 2. The zero-order chi connectivity index (χ0) is 15.9. The van der Waals surface area contributed by atoms with Crippen LogP contribution in [0.5, 0.6) is 0 Å². The fraction of sp³-hybridized carbons (Fsp3) is 0.692. The zero-order valence-corrected chi connectivity index (χ0v) is 13.6. The van der Waals surface area contributed by atoms with Crippen molar-refractivity contribution in [3.05, 3.63) is 11.8 Å². The molecule has 1 saturated heterocycles. The minimum atomic E-state index is -3.00. The highest BCUT2D eigenvalue weighted by atomic mass is 35.5. The summed E-state index contributed by atoms with van der Waals surface area (Å²) in [6.45, 7) is 2.81. The van der Waals surface area contributed by atoms with E-state index < -0.39 is 15.7 Å². The lowest BCUT2D eigenvalue weighted by Crippen LogP contribution is -2.34. The predicted molar refractivity (Wildman–Crippen MR) is 81.5 cm³/mol. The summed E-state index contributed by atoms with van der Waals surface area (Å²) in [4.78, 5) is 13.6. The van der Waals surface area contributed by atoms with Crippen molar-refractivity contribution in [2.45, 2.75) is 25.8 Å². The van der Waals surface area contributed by atoms with Crippen LogP contribution in [-0.2, 0) is 14.6 Å². The molecule has 1 heterocycles. The fourth-order valence-electron chi connectivity index (χ4n) is 2.16. The summed E-state index contributed by atoms with van der Waals surface area (Å²) in [6, 6.07) is 1.70. The van der Waals surface area contributed by atoms with E-state index in [0.29, 0.717) is 31.8 Å². The minimum Gasteiger partial charge on any atom is -0.372 e. The minimum absolute atomic E-state index is 0.0179. The van der Waals surface area contributed by atoms with Gasteiger partial charge in [-0.15, -0.1) is 11.6 Å². The number of nitrogens with one attached hydrogen (secondary N) is 1. The Labute approximate surface area is 130 Å². The highest BCUT2D eigenvalue weighted by Crippen LogP contribution is 2.18. The van der Waals surface area contributed by atoms with Crippen LogP contribution in [0.25, 0.3) is 0 Å². The molecule has 0 aromatic heterocycles. The fourth-order valence-corrected chi connectivity index (χ4v) is 4.04. The average molecular weight is 334 g/mol. The van der Waals surface area contributed by atoms with Gasteiger partial charge in [-0.1, -0.05) is 0 Å². The van der Waals surface area contributed by atoms with E-state index in [1.54, 1.807) is 4.90 Å². The van der Waals surface area contributed by atoms with E-state index in [9.17, 15) is 13.2 Å². The number of alkyl halides is 1. The Bertz CT molecular complexity index is 539. The van der Waals surface area contributed by atoms with Crippen LogP contribution in [0.4, 0.5) is 0 Å². The second kappa shape index (κ2) is 8.25. The van der Waals surface area contributed by atoms with Crippen LogP contribution in [0.2, 0.25) is 0 Å². The number of sulfone groups is 1. The van der Waals surface area contributed by atoms with E-state index in [4.69, 9.17) is 16.9 Å². The van der Waals surface area contributed by atoms with Crippen molar-refractivity contribution in [2.24, 2.45) is 0 Å². The van der Waals surface area contributed by atoms with Crippen LogP contribution in [0.15, 0.2) is 11.8 Å². The van der Waals surface area contributed by atoms with Gasteiger partial charge in [0, 0.05) is 31.2 Å². The van der Waals surface area contributed by atoms with E-state index in [0.717, 1.165) is 0 Å². The van der Waals surface area contributed by atoms with Gasteiger partial charge in [0.25, 0.3) is 5.91 Å². The number of hydrogen-bond donors (Lipinski definition) is 1. The molecule has 1 rings (SSSR count). The van der Waals surface area contributed by atoms with Crippen molar-refractivity contribution in [3.63, 3.8) is 0 Å². The molecule has 1 N–H and O–H groups in total. The summed E-state index contributed by atoms with van der Waals surface area (Å²) in [5.74, 6) is 0.213. The lowest BCUT2D eigenvalue weighted by atomic mass is 10.2. The molecule has 0 aromatic carbocycles. The first kappa shape index (κ1) is 17.8. The van der Waals surface area contributed by atoms with Gasteiger partial charge in [-0.3, -0.25) is 4.79 Å². The van der Waals surface area contributed by atoms with Gasteiger partial charge in [-0.25, -0.2) is 8.42 Å². The summed E-state index contributed by atoms with van der Waals surface area (Å²) in [5, 5.41) is 11.7. The molecule has 21 heavy (non-hydrogen) atoms. The van der Waals surface area contributed by atoms with Gasteiger partial charge in [0.05, 0.1) is 11.5 Å². The second-order valence-electron chi connectivity index (χ2n) is 4.84. The molecule has 1 fully saturated rings. The molecule has 1 unspecified atom stereocenters. The lowest BCUT2D eigenvalue weighted by Gasteiger charge is -2.25. The Hall–Kier alpha value is -1.26. The van der Waals surface area contributed by atoms with Crippen molar-refractivity contribution >= 4 is 27.3 Å². The monoisotopic (exact) mass is 333 g/mol. The van der Waals surface area contributed by atoms with Crippen molar-refractivity contribution in [1.29, 1.82) is 5.26 Å². The molecular formula is C13H20ClN3O3S. The van der Waals surface area contributed by atoms with Crippen LogP contribution < -0.4 is 5.32 Å². The second-order valence-corrected chi connectivity index (χ2v) is 7.45. The van der Waals surface area contributed by atoms with Crippen LogP contribution in [-0.4, -0.2) is 55.7 Å². The van der Waals surface area contributed by atoms with Crippen molar-refractivity contribution in [2.75, 3.05) is 30.5 Å². The molecule has 0 aliphatic carbocycles. The van der Waals surface area contributed by atoms with Gasteiger partial charge in [0.15, 0.2) is 9.84 Å². The Morgan fingerprint density at radius 2 is 2.29 bits per heavy atom. The Morgan fingerprint density at radius 3 is 2.76 bits per heavy atom. The van der Waals surface area contributed by atoms with Crippen LogP contribution >= 0.6 is 11.6 Å². The number of carbonyl (C=O) groups excluding carboxylic acids is 1. The highest BCUT2D eigenvalue weighted by Gasteiger charge is 2.31. The maximum atomic E-state index is 11.9. The van der Waals surface area contributed by atoms with Crippen LogP contribution in [0.3, 0.4) is 0 Å². The Morgan fingerprint density at radius 1 is 1.57 bits per heavy atom. The number of amides is 1. The molecule has 0 bridgehead atoms. The maximum absolute atomic E-state index is 11.9. The van der Waals surface area contributed by atoms with Gasteiger partial charge >= 0.3 is 0 Å².